The van der Waals surface area contributed by atoms with Crippen LogP contribution in [0.1, 0.15) is 81.9 Å². The fourth-order valence-electron chi connectivity index (χ4n) is 3.32. The Balaban J connectivity index is 1.77. The first-order valence-electron chi connectivity index (χ1n) is 8.56. The van der Waals surface area contributed by atoms with Crippen molar-refractivity contribution < 1.29 is 5.11 Å². The van der Waals surface area contributed by atoms with E-state index in [4.69, 9.17) is 0 Å². The molecule has 1 nitrogen and oxygen atoms in total. The predicted octanol–water partition coefficient (Wildman–Crippen LogP) is 5.42. The molecule has 1 N–H and O–H groups in total. The van der Waals surface area contributed by atoms with Crippen LogP contribution in [-0.2, 0) is 6.42 Å². The molecule has 20 heavy (non-hydrogen) atoms. The summed E-state index contributed by atoms with van der Waals surface area (Å²) in [4.78, 5) is 0. The summed E-state index contributed by atoms with van der Waals surface area (Å²) < 4.78 is 0. The van der Waals surface area contributed by atoms with Crippen molar-refractivity contribution in [2.45, 2.75) is 77.2 Å². The minimum Gasteiger partial charge on any atom is -0.388 e. The fraction of sp³-hybridized carbons (Fsp3) is 0.684. The molecule has 0 aliphatic heterocycles. The van der Waals surface area contributed by atoms with Crippen molar-refractivity contribution in [3.05, 3.63) is 35.4 Å². The van der Waals surface area contributed by atoms with Gasteiger partial charge in [0.1, 0.15) is 0 Å². The molecule has 1 unspecified atom stereocenters. The van der Waals surface area contributed by atoms with E-state index >= 15 is 0 Å². The summed E-state index contributed by atoms with van der Waals surface area (Å²) in [6, 6.07) is 8.62. The molecule has 1 heteroatoms. The molecule has 1 saturated carbocycles. The molecular weight excluding hydrogens is 244 g/mol. The van der Waals surface area contributed by atoms with Gasteiger partial charge in [0, 0.05) is 0 Å². The smallest absolute Gasteiger partial charge is 0.0790 e. The van der Waals surface area contributed by atoms with Crippen molar-refractivity contribution in [3.63, 3.8) is 0 Å². The summed E-state index contributed by atoms with van der Waals surface area (Å²) in [5.41, 5.74) is 2.50. The highest BCUT2D eigenvalue weighted by atomic mass is 16.3. The minimum atomic E-state index is -0.267. The van der Waals surface area contributed by atoms with Crippen LogP contribution in [0.2, 0.25) is 0 Å². The van der Waals surface area contributed by atoms with Gasteiger partial charge in [-0.15, -0.1) is 0 Å². The molecule has 1 aromatic carbocycles. The van der Waals surface area contributed by atoms with Crippen molar-refractivity contribution in [1.82, 2.24) is 0 Å². The Morgan fingerprint density at radius 1 is 1.10 bits per heavy atom. The topological polar surface area (TPSA) is 20.2 Å². The molecule has 0 spiro atoms. The molecule has 2 rings (SSSR count). The molecule has 1 aromatic rings. The van der Waals surface area contributed by atoms with Crippen LogP contribution in [0.4, 0.5) is 0 Å². The van der Waals surface area contributed by atoms with E-state index in [-0.39, 0.29) is 6.10 Å². The molecule has 0 heterocycles. The molecule has 112 valence electrons. The van der Waals surface area contributed by atoms with E-state index in [1.165, 1.54) is 56.9 Å². The largest absolute Gasteiger partial charge is 0.388 e. The lowest BCUT2D eigenvalue weighted by Gasteiger charge is -2.22. The zero-order valence-corrected chi connectivity index (χ0v) is 13.0. The van der Waals surface area contributed by atoms with Crippen LogP contribution in [0, 0.1) is 5.92 Å². The van der Waals surface area contributed by atoms with E-state index in [2.05, 4.69) is 31.2 Å². The maximum Gasteiger partial charge on any atom is 0.0790 e. The highest BCUT2D eigenvalue weighted by Gasteiger charge is 2.15. The van der Waals surface area contributed by atoms with Crippen molar-refractivity contribution in [1.29, 1.82) is 0 Å². The third-order valence-electron chi connectivity index (χ3n) is 4.76. The van der Waals surface area contributed by atoms with Crippen molar-refractivity contribution in [2.24, 2.45) is 5.92 Å². The zero-order valence-electron chi connectivity index (χ0n) is 13.0. The molecule has 1 fully saturated rings. The van der Waals surface area contributed by atoms with Gasteiger partial charge in [0.15, 0.2) is 0 Å². The van der Waals surface area contributed by atoms with E-state index in [0.717, 1.165) is 24.3 Å². The molecule has 0 amide bonds. The van der Waals surface area contributed by atoms with E-state index in [1.807, 2.05) is 0 Å². The van der Waals surface area contributed by atoms with Gasteiger partial charge < -0.3 is 5.11 Å². The number of hydrogen-bond acceptors (Lipinski definition) is 1. The molecule has 0 aromatic heterocycles. The highest BCUT2D eigenvalue weighted by molar-refractivity contribution is 5.24. The van der Waals surface area contributed by atoms with Crippen LogP contribution >= 0.6 is 0 Å². The van der Waals surface area contributed by atoms with E-state index in [0.29, 0.717) is 0 Å². The standard InChI is InChI=1S/C19H30O/c1-2-3-7-17-10-13-18(14-11-17)19(20)15-12-16-8-5-4-6-9-16/h10-11,13-14,16,19-20H,2-9,12,15H2,1H3. The van der Waals surface area contributed by atoms with Gasteiger partial charge in [0.2, 0.25) is 0 Å². The van der Waals surface area contributed by atoms with Gasteiger partial charge in [-0.1, -0.05) is 69.7 Å². The third kappa shape index (κ3) is 4.94. The highest BCUT2D eigenvalue weighted by Crippen LogP contribution is 2.30. The van der Waals surface area contributed by atoms with Gasteiger partial charge in [-0.05, 0) is 42.7 Å². The first-order chi connectivity index (χ1) is 9.79. The summed E-state index contributed by atoms with van der Waals surface area (Å²) in [7, 11) is 0. The summed E-state index contributed by atoms with van der Waals surface area (Å²) in [5.74, 6) is 0.863. The molecular formula is C19H30O. The van der Waals surface area contributed by atoms with Crippen molar-refractivity contribution >= 4 is 0 Å². The average Bonchev–Trinajstić information content (AvgIpc) is 2.52. The number of benzene rings is 1. The Kier molecular flexibility index (Phi) is 6.59. The van der Waals surface area contributed by atoms with Gasteiger partial charge >= 0.3 is 0 Å². The van der Waals surface area contributed by atoms with Crippen LogP contribution < -0.4 is 0 Å². The van der Waals surface area contributed by atoms with Gasteiger partial charge in [0.25, 0.3) is 0 Å². The molecule has 0 radical (unpaired) electrons. The molecule has 1 aliphatic carbocycles. The number of unbranched alkanes of at least 4 members (excludes halogenated alkanes) is 1. The lowest BCUT2D eigenvalue weighted by Crippen LogP contribution is -2.08. The van der Waals surface area contributed by atoms with Gasteiger partial charge in [-0.3, -0.25) is 0 Å². The molecule has 0 saturated heterocycles. The lowest BCUT2D eigenvalue weighted by molar-refractivity contribution is 0.151. The Hall–Kier alpha value is -0.820. The van der Waals surface area contributed by atoms with Crippen LogP contribution in [0.3, 0.4) is 0 Å². The Morgan fingerprint density at radius 3 is 2.45 bits per heavy atom. The van der Waals surface area contributed by atoms with E-state index in [1.54, 1.807) is 0 Å². The van der Waals surface area contributed by atoms with Crippen LogP contribution in [0.15, 0.2) is 24.3 Å². The molecule has 1 aliphatic rings. The second-order valence-electron chi connectivity index (χ2n) is 6.44. The van der Waals surface area contributed by atoms with E-state index in [9.17, 15) is 5.11 Å². The number of aliphatic hydroxyl groups excluding tert-OH is 1. The number of aryl methyl sites for hydroxylation is 1. The lowest BCUT2D eigenvalue weighted by atomic mass is 9.85. The Bertz CT molecular complexity index is 362. The minimum absolute atomic E-state index is 0.267. The second-order valence-corrected chi connectivity index (χ2v) is 6.44. The number of rotatable bonds is 7. The predicted molar refractivity (Wildman–Crippen MR) is 85.8 cm³/mol. The van der Waals surface area contributed by atoms with Crippen LogP contribution in [-0.4, -0.2) is 5.11 Å². The Labute approximate surface area is 124 Å². The summed E-state index contributed by atoms with van der Waals surface area (Å²) in [5, 5.41) is 10.3. The monoisotopic (exact) mass is 274 g/mol. The normalized spacial score (nSPS) is 18.1. The van der Waals surface area contributed by atoms with E-state index < -0.39 is 0 Å². The zero-order chi connectivity index (χ0) is 14.2. The average molecular weight is 274 g/mol. The maximum absolute atomic E-state index is 10.3. The van der Waals surface area contributed by atoms with Crippen molar-refractivity contribution in [2.75, 3.05) is 0 Å². The fourth-order valence-corrected chi connectivity index (χ4v) is 3.32. The summed E-state index contributed by atoms with van der Waals surface area (Å²) >= 11 is 0. The summed E-state index contributed by atoms with van der Waals surface area (Å²) in [6.07, 6.45) is 12.5. The first-order valence-corrected chi connectivity index (χ1v) is 8.56. The van der Waals surface area contributed by atoms with Crippen LogP contribution in [0.5, 0.6) is 0 Å². The number of aliphatic hydroxyl groups is 1. The van der Waals surface area contributed by atoms with Gasteiger partial charge in [-0.2, -0.15) is 0 Å². The number of hydrogen-bond donors (Lipinski definition) is 1. The SMILES string of the molecule is CCCCc1ccc(C(O)CCC2CCCCC2)cc1. The molecule has 0 bridgehead atoms. The quantitative estimate of drug-likeness (QED) is 0.703. The first kappa shape index (κ1) is 15.6. The van der Waals surface area contributed by atoms with Crippen LogP contribution in [0.25, 0.3) is 0 Å². The van der Waals surface area contributed by atoms with Gasteiger partial charge in [0.05, 0.1) is 6.10 Å². The van der Waals surface area contributed by atoms with Gasteiger partial charge in [-0.25, -0.2) is 0 Å². The second kappa shape index (κ2) is 8.46. The maximum atomic E-state index is 10.3. The molecule has 1 atom stereocenters. The van der Waals surface area contributed by atoms with Crippen molar-refractivity contribution in [3.8, 4) is 0 Å². The Morgan fingerprint density at radius 2 is 1.80 bits per heavy atom. The summed E-state index contributed by atoms with van der Waals surface area (Å²) in [6.45, 7) is 2.23. The third-order valence-corrected chi connectivity index (χ3v) is 4.76.